The van der Waals surface area contributed by atoms with Crippen molar-refractivity contribution in [1.29, 1.82) is 0 Å². The first-order valence-electron chi connectivity index (χ1n) is 8.82. The molecule has 3 aromatic rings. The highest BCUT2D eigenvalue weighted by atomic mass is 35.5. The molecule has 0 amide bonds. The molecule has 1 aromatic heterocycles. The van der Waals surface area contributed by atoms with Crippen molar-refractivity contribution in [2.75, 3.05) is 6.73 Å². The fourth-order valence-corrected chi connectivity index (χ4v) is 3.73. The summed E-state index contributed by atoms with van der Waals surface area (Å²) < 4.78 is 11.5. The van der Waals surface area contributed by atoms with E-state index in [4.69, 9.17) is 20.8 Å². The molecule has 0 fully saturated rings. The maximum atomic E-state index is 12.0. The SMILES string of the molecule is CCCc1cc(=O)oc2c3c(ccc12)OCN(Cc1cccc(Cl)c1)C3. The van der Waals surface area contributed by atoms with E-state index in [-0.39, 0.29) is 5.63 Å². The van der Waals surface area contributed by atoms with E-state index in [2.05, 4.69) is 11.8 Å². The van der Waals surface area contributed by atoms with Crippen LogP contribution >= 0.6 is 11.6 Å². The fraction of sp³-hybridized carbons (Fsp3) is 0.286. The Morgan fingerprint density at radius 3 is 2.88 bits per heavy atom. The summed E-state index contributed by atoms with van der Waals surface area (Å²) in [5.41, 5.74) is 3.44. The molecule has 4 rings (SSSR count). The Kier molecular flexibility index (Phi) is 4.70. The average molecular weight is 370 g/mol. The molecule has 0 spiro atoms. The Balaban J connectivity index is 1.71. The van der Waals surface area contributed by atoms with Gasteiger partial charge in [0.2, 0.25) is 0 Å². The zero-order chi connectivity index (χ0) is 18.1. The molecule has 0 unspecified atom stereocenters. The van der Waals surface area contributed by atoms with E-state index in [9.17, 15) is 4.79 Å². The molecule has 0 aliphatic carbocycles. The van der Waals surface area contributed by atoms with Gasteiger partial charge in [0.25, 0.3) is 0 Å². The molecular weight excluding hydrogens is 350 g/mol. The minimum absolute atomic E-state index is 0.304. The first kappa shape index (κ1) is 17.1. The van der Waals surface area contributed by atoms with Crippen LogP contribution in [-0.2, 0) is 19.5 Å². The third kappa shape index (κ3) is 3.35. The predicted octanol–water partition coefficient (Wildman–Crippen LogP) is 4.75. The number of benzene rings is 2. The van der Waals surface area contributed by atoms with Crippen LogP contribution in [-0.4, -0.2) is 11.6 Å². The normalized spacial score (nSPS) is 14.2. The van der Waals surface area contributed by atoms with Gasteiger partial charge >= 0.3 is 5.63 Å². The zero-order valence-corrected chi connectivity index (χ0v) is 15.4. The van der Waals surface area contributed by atoms with Gasteiger partial charge in [-0.25, -0.2) is 4.79 Å². The topological polar surface area (TPSA) is 42.7 Å². The quantitative estimate of drug-likeness (QED) is 0.622. The molecule has 0 atom stereocenters. The average Bonchev–Trinajstić information content (AvgIpc) is 2.62. The highest BCUT2D eigenvalue weighted by molar-refractivity contribution is 6.30. The number of rotatable bonds is 4. The first-order valence-corrected chi connectivity index (χ1v) is 9.20. The number of ether oxygens (including phenoxy) is 1. The molecular formula is C21H20ClNO3. The lowest BCUT2D eigenvalue weighted by Crippen LogP contribution is -2.31. The second kappa shape index (κ2) is 7.14. The summed E-state index contributed by atoms with van der Waals surface area (Å²) in [6.45, 7) is 3.98. The second-order valence-corrected chi connectivity index (χ2v) is 7.09. The molecule has 2 aromatic carbocycles. The van der Waals surface area contributed by atoms with Crippen molar-refractivity contribution < 1.29 is 9.15 Å². The monoisotopic (exact) mass is 369 g/mol. The van der Waals surface area contributed by atoms with E-state index >= 15 is 0 Å². The van der Waals surface area contributed by atoms with Crippen LogP contribution in [0.15, 0.2) is 51.7 Å². The molecule has 0 N–H and O–H groups in total. The van der Waals surface area contributed by atoms with Crippen molar-refractivity contribution in [3.05, 3.63) is 74.6 Å². The van der Waals surface area contributed by atoms with Gasteiger partial charge in [-0.2, -0.15) is 0 Å². The van der Waals surface area contributed by atoms with Crippen LogP contribution in [0.5, 0.6) is 5.75 Å². The molecule has 1 aliphatic rings. The number of aryl methyl sites for hydroxylation is 1. The van der Waals surface area contributed by atoms with Crippen LogP contribution < -0.4 is 10.4 Å². The van der Waals surface area contributed by atoms with Gasteiger partial charge in [-0.1, -0.05) is 37.1 Å². The number of hydrogen-bond acceptors (Lipinski definition) is 4. The van der Waals surface area contributed by atoms with Crippen molar-refractivity contribution in [3.63, 3.8) is 0 Å². The molecule has 0 saturated heterocycles. The Morgan fingerprint density at radius 1 is 1.19 bits per heavy atom. The molecule has 4 nitrogen and oxygen atoms in total. The van der Waals surface area contributed by atoms with Gasteiger partial charge in [-0.05, 0) is 41.8 Å². The van der Waals surface area contributed by atoms with Crippen LogP contribution in [0.4, 0.5) is 0 Å². The van der Waals surface area contributed by atoms with Gasteiger partial charge < -0.3 is 9.15 Å². The third-order valence-electron chi connectivity index (χ3n) is 4.66. The van der Waals surface area contributed by atoms with E-state index in [1.807, 2.05) is 36.4 Å². The van der Waals surface area contributed by atoms with Crippen LogP contribution in [0.2, 0.25) is 5.02 Å². The van der Waals surface area contributed by atoms with Gasteiger partial charge in [0.05, 0.1) is 5.56 Å². The summed E-state index contributed by atoms with van der Waals surface area (Å²) in [6, 6.07) is 13.4. The van der Waals surface area contributed by atoms with Gasteiger partial charge in [-0.15, -0.1) is 0 Å². The van der Waals surface area contributed by atoms with E-state index in [0.29, 0.717) is 18.9 Å². The van der Waals surface area contributed by atoms with Gasteiger partial charge in [-0.3, -0.25) is 4.90 Å². The third-order valence-corrected chi connectivity index (χ3v) is 4.89. The molecule has 5 heteroatoms. The molecule has 0 bridgehead atoms. The number of nitrogens with zero attached hydrogens (tertiary/aromatic N) is 1. The Morgan fingerprint density at radius 2 is 2.08 bits per heavy atom. The van der Waals surface area contributed by atoms with Crippen LogP contribution in [0.25, 0.3) is 11.0 Å². The highest BCUT2D eigenvalue weighted by Gasteiger charge is 2.22. The number of halogens is 1. The second-order valence-electron chi connectivity index (χ2n) is 6.65. The zero-order valence-electron chi connectivity index (χ0n) is 14.6. The lowest BCUT2D eigenvalue weighted by molar-refractivity contribution is 0.0889. The van der Waals surface area contributed by atoms with Crippen LogP contribution in [0.3, 0.4) is 0 Å². The Bertz CT molecular complexity index is 1010. The summed E-state index contributed by atoms with van der Waals surface area (Å²) >= 11 is 6.09. The van der Waals surface area contributed by atoms with Crippen molar-refractivity contribution in [2.24, 2.45) is 0 Å². The molecule has 2 heterocycles. The minimum Gasteiger partial charge on any atom is -0.478 e. The summed E-state index contributed by atoms with van der Waals surface area (Å²) in [4.78, 5) is 14.2. The Labute approximate surface area is 156 Å². The molecule has 1 aliphatic heterocycles. The van der Waals surface area contributed by atoms with Gasteiger partial charge in [0.15, 0.2) is 0 Å². The summed E-state index contributed by atoms with van der Waals surface area (Å²) in [5, 5.41) is 1.72. The molecule has 0 saturated carbocycles. The highest BCUT2D eigenvalue weighted by Crippen LogP contribution is 2.33. The standard InChI is InChI=1S/C21H20ClNO3/c1-2-4-15-10-20(24)26-21-17(15)7-8-19-18(21)12-23(13-25-19)11-14-5-3-6-16(22)9-14/h3,5-10H,2,4,11-13H2,1H3. The molecule has 134 valence electrons. The lowest BCUT2D eigenvalue weighted by Gasteiger charge is -2.29. The number of fused-ring (bicyclic) bond motifs is 3. The maximum Gasteiger partial charge on any atom is 0.336 e. The van der Waals surface area contributed by atoms with Crippen molar-refractivity contribution in [3.8, 4) is 5.75 Å². The van der Waals surface area contributed by atoms with Gasteiger partial charge in [0, 0.05) is 29.6 Å². The summed E-state index contributed by atoms with van der Waals surface area (Å²) in [5.74, 6) is 0.789. The Hall–Kier alpha value is -2.30. The molecule has 0 radical (unpaired) electrons. The van der Waals surface area contributed by atoms with Crippen LogP contribution in [0, 0.1) is 0 Å². The first-order chi connectivity index (χ1) is 12.6. The van der Waals surface area contributed by atoms with Crippen molar-refractivity contribution in [2.45, 2.75) is 32.9 Å². The van der Waals surface area contributed by atoms with E-state index in [0.717, 1.165) is 52.2 Å². The van der Waals surface area contributed by atoms with E-state index < -0.39 is 0 Å². The van der Waals surface area contributed by atoms with Crippen molar-refractivity contribution in [1.82, 2.24) is 4.90 Å². The van der Waals surface area contributed by atoms with Crippen molar-refractivity contribution >= 4 is 22.6 Å². The van der Waals surface area contributed by atoms with E-state index in [1.165, 1.54) is 0 Å². The fourth-order valence-electron chi connectivity index (χ4n) is 3.52. The maximum absolute atomic E-state index is 12.0. The number of hydrogen-bond donors (Lipinski definition) is 0. The van der Waals surface area contributed by atoms with Crippen LogP contribution in [0.1, 0.15) is 30.0 Å². The van der Waals surface area contributed by atoms with E-state index in [1.54, 1.807) is 6.07 Å². The largest absolute Gasteiger partial charge is 0.478 e. The summed E-state index contributed by atoms with van der Waals surface area (Å²) in [6.07, 6.45) is 1.83. The minimum atomic E-state index is -0.304. The summed E-state index contributed by atoms with van der Waals surface area (Å²) in [7, 11) is 0. The predicted molar refractivity (Wildman–Crippen MR) is 103 cm³/mol. The molecule has 26 heavy (non-hydrogen) atoms. The smallest absolute Gasteiger partial charge is 0.336 e. The van der Waals surface area contributed by atoms with Gasteiger partial charge in [0.1, 0.15) is 18.1 Å². The lowest BCUT2D eigenvalue weighted by atomic mass is 10.0.